The molecular formula is C14H15N5S. The van der Waals surface area contributed by atoms with Gasteiger partial charge >= 0.3 is 0 Å². The van der Waals surface area contributed by atoms with Crippen LogP contribution < -0.4 is 10.6 Å². The molecule has 3 N–H and O–H groups in total. The van der Waals surface area contributed by atoms with Crippen molar-refractivity contribution in [3.05, 3.63) is 53.3 Å². The van der Waals surface area contributed by atoms with Crippen LogP contribution in [0.5, 0.6) is 0 Å². The van der Waals surface area contributed by atoms with Gasteiger partial charge in [-0.05, 0) is 12.1 Å². The van der Waals surface area contributed by atoms with E-state index in [2.05, 4.69) is 9.88 Å². The number of amidine groups is 1. The van der Waals surface area contributed by atoms with E-state index in [1.165, 1.54) is 0 Å². The van der Waals surface area contributed by atoms with E-state index in [9.17, 15) is 0 Å². The SMILES string of the molecule is CN(Cc1cn2ccsc2n1)c1cccc(C(=N)N)c1. The van der Waals surface area contributed by atoms with Crippen molar-refractivity contribution in [1.29, 1.82) is 5.41 Å². The molecular weight excluding hydrogens is 270 g/mol. The molecule has 0 fully saturated rings. The first-order valence-electron chi connectivity index (χ1n) is 6.20. The van der Waals surface area contributed by atoms with Gasteiger partial charge in [-0.3, -0.25) is 9.81 Å². The number of benzene rings is 1. The Bertz CT molecular complexity index is 729. The third kappa shape index (κ3) is 2.37. The number of aromatic nitrogens is 2. The summed E-state index contributed by atoms with van der Waals surface area (Å²) in [7, 11) is 2.01. The molecule has 0 saturated heterocycles. The van der Waals surface area contributed by atoms with Crippen molar-refractivity contribution < 1.29 is 0 Å². The van der Waals surface area contributed by atoms with Gasteiger partial charge in [0.05, 0.1) is 12.2 Å². The number of nitrogen functional groups attached to an aromatic ring is 1. The monoisotopic (exact) mass is 285 g/mol. The maximum absolute atomic E-state index is 7.49. The summed E-state index contributed by atoms with van der Waals surface area (Å²) in [5.74, 6) is 0.0859. The minimum atomic E-state index is 0.0859. The van der Waals surface area contributed by atoms with E-state index in [-0.39, 0.29) is 5.84 Å². The molecule has 2 heterocycles. The van der Waals surface area contributed by atoms with Gasteiger partial charge in [-0.25, -0.2) is 4.98 Å². The molecule has 0 unspecified atom stereocenters. The molecule has 6 heteroatoms. The van der Waals surface area contributed by atoms with Gasteiger partial charge in [0.1, 0.15) is 5.84 Å². The summed E-state index contributed by atoms with van der Waals surface area (Å²) in [6.45, 7) is 0.718. The molecule has 0 spiro atoms. The number of hydrogen-bond donors (Lipinski definition) is 2. The number of nitrogens with two attached hydrogens (primary N) is 1. The van der Waals surface area contributed by atoms with Gasteiger partial charge in [0, 0.05) is 36.1 Å². The van der Waals surface area contributed by atoms with E-state index in [0.717, 1.165) is 28.5 Å². The van der Waals surface area contributed by atoms with Crippen LogP contribution in [-0.2, 0) is 6.54 Å². The Morgan fingerprint density at radius 2 is 2.35 bits per heavy atom. The van der Waals surface area contributed by atoms with Crippen LogP contribution in [0.2, 0.25) is 0 Å². The summed E-state index contributed by atoms with van der Waals surface area (Å²) < 4.78 is 2.03. The molecule has 5 nitrogen and oxygen atoms in total. The zero-order valence-electron chi connectivity index (χ0n) is 11.1. The molecule has 0 amide bonds. The summed E-state index contributed by atoms with van der Waals surface area (Å²) in [5.41, 5.74) is 8.30. The van der Waals surface area contributed by atoms with Crippen LogP contribution in [0.25, 0.3) is 4.96 Å². The van der Waals surface area contributed by atoms with Crippen molar-refractivity contribution in [1.82, 2.24) is 9.38 Å². The van der Waals surface area contributed by atoms with Gasteiger partial charge in [0.15, 0.2) is 4.96 Å². The average molecular weight is 285 g/mol. The highest BCUT2D eigenvalue weighted by atomic mass is 32.1. The predicted octanol–water partition coefficient (Wildman–Crippen LogP) is 2.32. The van der Waals surface area contributed by atoms with E-state index in [0.29, 0.717) is 0 Å². The highest BCUT2D eigenvalue weighted by Gasteiger charge is 2.08. The lowest BCUT2D eigenvalue weighted by Gasteiger charge is -2.18. The minimum absolute atomic E-state index is 0.0859. The van der Waals surface area contributed by atoms with Crippen molar-refractivity contribution in [3.63, 3.8) is 0 Å². The molecule has 102 valence electrons. The van der Waals surface area contributed by atoms with E-state index < -0.39 is 0 Å². The molecule has 1 aromatic carbocycles. The maximum Gasteiger partial charge on any atom is 0.193 e. The Morgan fingerprint density at radius 1 is 1.50 bits per heavy atom. The van der Waals surface area contributed by atoms with Gasteiger partial charge in [-0.1, -0.05) is 12.1 Å². The highest BCUT2D eigenvalue weighted by molar-refractivity contribution is 7.15. The van der Waals surface area contributed by atoms with Crippen molar-refractivity contribution in [3.8, 4) is 0 Å². The van der Waals surface area contributed by atoms with E-state index in [4.69, 9.17) is 11.1 Å². The van der Waals surface area contributed by atoms with Crippen LogP contribution in [-0.4, -0.2) is 22.3 Å². The molecule has 2 aromatic heterocycles. The number of hydrogen-bond acceptors (Lipinski definition) is 4. The number of fused-ring (bicyclic) bond motifs is 1. The summed E-state index contributed by atoms with van der Waals surface area (Å²) in [6.07, 6.45) is 4.05. The fourth-order valence-corrected chi connectivity index (χ4v) is 2.82. The molecule has 0 saturated carbocycles. The van der Waals surface area contributed by atoms with Crippen molar-refractivity contribution in [2.45, 2.75) is 6.54 Å². The van der Waals surface area contributed by atoms with E-state index in [1.807, 2.05) is 53.5 Å². The standard InChI is InChI=1S/C14H15N5S/c1-18(12-4-2-3-10(7-12)13(15)16)8-11-9-19-5-6-20-14(19)17-11/h2-7,9H,8H2,1H3,(H3,15,16). The van der Waals surface area contributed by atoms with Crippen molar-refractivity contribution in [2.75, 3.05) is 11.9 Å². The average Bonchev–Trinajstić information content (AvgIpc) is 2.99. The molecule has 0 aliphatic carbocycles. The van der Waals surface area contributed by atoms with Crippen LogP contribution in [0.3, 0.4) is 0 Å². The number of imidazole rings is 1. The number of anilines is 1. The van der Waals surface area contributed by atoms with Gasteiger partial charge in [-0.2, -0.15) is 0 Å². The summed E-state index contributed by atoms with van der Waals surface area (Å²) in [5, 5.41) is 9.51. The Hall–Kier alpha value is -2.34. The first kappa shape index (κ1) is 12.7. The van der Waals surface area contributed by atoms with E-state index in [1.54, 1.807) is 11.3 Å². The second-order valence-electron chi connectivity index (χ2n) is 4.65. The van der Waals surface area contributed by atoms with Gasteiger partial charge in [0.2, 0.25) is 0 Å². The van der Waals surface area contributed by atoms with Crippen molar-refractivity contribution >= 4 is 27.8 Å². The molecule has 0 bridgehead atoms. The maximum atomic E-state index is 7.49. The first-order chi connectivity index (χ1) is 9.63. The zero-order chi connectivity index (χ0) is 14.1. The predicted molar refractivity (Wildman–Crippen MR) is 82.6 cm³/mol. The Kier molecular flexibility index (Phi) is 3.15. The quantitative estimate of drug-likeness (QED) is 0.571. The second-order valence-corrected chi connectivity index (χ2v) is 5.52. The number of nitrogens with one attached hydrogen (secondary N) is 1. The topological polar surface area (TPSA) is 70.4 Å². The van der Waals surface area contributed by atoms with Crippen LogP contribution in [0.1, 0.15) is 11.3 Å². The van der Waals surface area contributed by atoms with Crippen LogP contribution in [0.15, 0.2) is 42.0 Å². The summed E-state index contributed by atoms with van der Waals surface area (Å²) in [4.78, 5) is 7.67. The Labute approximate surface area is 120 Å². The van der Waals surface area contributed by atoms with Crippen LogP contribution >= 0.6 is 11.3 Å². The third-order valence-corrected chi connectivity index (χ3v) is 3.91. The molecule has 20 heavy (non-hydrogen) atoms. The number of thiazole rings is 1. The minimum Gasteiger partial charge on any atom is -0.384 e. The molecule has 3 aromatic rings. The summed E-state index contributed by atoms with van der Waals surface area (Å²) in [6, 6.07) is 7.67. The molecule has 0 aliphatic rings. The molecule has 0 aliphatic heterocycles. The van der Waals surface area contributed by atoms with Crippen LogP contribution in [0.4, 0.5) is 5.69 Å². The van der Waals surface area contributed by atoms with Gasteiger partial charge in [0.25, 0.3) is 0 Å². The Balaban J connectivity index is 1.81. The lowest BCUT2D eigenvalue weighted by Crippen LogP contribution is -2.18. The molecule has 3 rings (SSSR count). The smallest absolute Gasteiger partial charge is 0.193 e. The zero-order valence-corrected chi connectivity index (χ0v) is 11.9. The van der Waals surface area contributed by atoms with Gasteiger partial charge < -0.3 is 10.6 Å². The summed E-state index contributed by atoms with van der Waals surface area (Å²) >= 11 is 1.63. The molecule has 0 radical (unpaired) electrons. The largest absolute Gasteiger partial charge is 0.384 e. The lowest BCUT2D eigenvalue weighted by molar-refractivity contribution is 0.896. The third-order valence-electron chi connectivity index (χ3n) is 3.14. The lowest BCUT2D eigenvalue weighted by atomic mass is 10.1. The van der Waals surface area contributed by atoms with Gasteiger partial charge in [-0.15, -0.1) is 11.3 Å². The fourth-order valence-electron chi connectivity index (χ4n) is 2.10. The van der Waals surface area contributed by atoms with Crippen LogP contribution in [0, 0.1) is 5.41 Å². The Morgan fingerprint density at radius 3 is 3.10 bits per heavy atom. The van der Waals surface area contributed by atoms with E-state index >= 15 is 0 Å². The second kappa shape index (κ2) is 4.97. The van der Waals surface area contributed by atoms with Crippen molar-refractivity contribution in [2.24, 2.45) is 5.73 Å². The number of nitrogens with zero attached hydrogens (tertiary/aromatic N) is 3. The normalized spacial score (nSPS) is 10.8. The first-order valence-corrected chi connectivity index (χ1v) is 7.08. The number of rotatable bonds is 4. The fraction of sp³-hybridized carbons (Fsp3) is 0.143. The molecule has 0 atom stereocenters. The highest BCUT2D eigenvalue weighted by Crippen LogP contribution is 2.18.